The average Bonchev–Trinajstić information content (AvgIpc) is 3.31. The number of H-pyrrole nitrogens is 1. The summed E-state index contributed by atoms with van der Waals surface area (Å²) in [5.74, 6) is -2.30. The van der Waals surface area contributed by atoms with Crippen LogP contribution in [0.4, 0.5) is 14.6 Å². The first-order valence-corrected chi connectivity index (χ1v) is 10.6. The van der Waals surface area contributed by atoms with Crippen LogP contribution < -0.4 is 10.6 Å². The second-order valence-electron chi connectivity index (χ2n) is 8.15. The molecule has 0 spiro atoms. The summed E-state index contributed by atoms with van der Waals surface area (Å²) in [7, 11) is 0. The number of benzene rings is 1. The Bertz CT molecular complexity index is 1400. The van der Waals surface area contributed by atoms with Crippen molar-refractivity contribution in [1.82, 2.24) is 29.1 Å². The summed E-state index contributed by atoms with van der Waals surface area (Å²) in [4.78, 5) is 30.7. The van der Waals surface area contributed by atoms with Gasteiger partial charge in [0.15, 0.2) is 11.5 Å². The minimum Gasteiger partial charge on any atom is -0.381 e. The van der Waals surface area contributed by atoms with Crippen molar-refractivity contribution in [2.24, 2.45) is 0 Å². The maximum Gasteiger partial charge on any atom is 0.328 e. The number of aromatic nitrogens is 6. The fourth-order valence-corrected chi connectivity index (χ4v) is 4.56. The van der Waals surface area contributed by atoms with Gasteiger partial charge in [0.1, 0.15) is 11.8 Å². The van der Waals surface area contributed by atoms with Crippen LogP contribution in [0.1, 0.15) is 18.9 Å². The number of nitrogens with zero attached hydrogens (tertiary/aromatic N) is 6. The van der Waals surface area contributed by atoms with Crippen molar-refractivity contribution in [3.05, 3.63) is 40.0 Å². The first-order chi connectivity index (χ1) is 15.4. The van der Waals surface area contributed by atoms with E-state index in [0.717, 1.165) is 0 Å². The van der Waals surface area contributed by atoms with Crippen molar-refractivity contribution < 1.29 is 13.5 Å². The molecular formula is C20H18ClF2N7O2. The quantitative estimate of drug-likeness (QED) is 0.504. The zero-order chi connectivity index (χ0) is 22.0. The lowest BCUT2D eigenvalue weighted by Gasteiger charge is -2.39. The van der Waals surface area contributed by atoms with Gasteiger partial charge in [0, 0.05) is 24.3 Å². The standard InChI is InChI=1S/C20H18ClF2N7O2/c21-11-1-2-13-14(7-11)29(10-24-13)18-26-16(28-8-20(22,23)9-28)15-17(27-18)30(19(31)25-15)12-3-5-32-6-4-12/h1-2,7,10,12H,3-6,8-9H2,(H,25,31). The number of anilines is 1. The highest BCUT2D eigenvalue weighted by atomic mass is 35.5. The summed E-state index contributed by atoms with van der Waals surface area (Å²) in [6.45, 7) is 0.133. The number of halogens is 3. The molecule has 2 fully saturated rings. The van der Waals surface area contributed by atoms with Crippen LogP contribution in [0.3, 0.4) is 0 Å². The lowest BCUT2D eigenvalue weighted by Crippen LogP contribution is -2.56. The van der Waals surface area contributed by atoms with Crippen LogP contribution in [0.2, 0.25) is 5.02 Å². The van der Waals surface area contributed by atoms with Crippen molar-refractivity contribution in [2.75, 3.05) is 31.2 Å². The van der Waals surface area contributed by atoms with E-state index in [1.165, 1.54) is 4.90 Å². The number of fused-ring (bicyclic) bond motifs is 2. The molecule has 12 heteroatoms. The molecule has 0 aliphatic carbocycles. The third kappa shape index (κ3) is 3.06. The maximum atomic E-state index is 13.7. The van der Waals surface area contributed by atoms with Gasteiger partial charge in [-0.1, -0.05) is 11.6 Å². The molecule has 4 aromatic rings. The summed E-state index contributed by atoms with van der Waals surface area (Å²) in [5, 5.41) is 0.517. The highest BCUT2D eigenvalue weighted by Crippen LogP contribution is 2.35. The lowest BCUT2D eigenvalue weighted by atomic mass is 10.1. The summed E-state index contributed by atoms with van der Waals surface area (Å²) in [6, 6.07) is 5.14. The Hall–Kier alpha value is -3.05. The van der Waals surface area contributed by atoms with Crippen LogP contribution in [-0.2, 0) is 4.74 Å². The number of hydrogen-bond donors (Lipinski definition) is 1. The molecule has 0 bridgehead atoms. The predicted octanol–water partition coefficient (Wildman–Crippen LogP) is 2.92. The fraction of sp³-hybridized carbons (Fsp3) is 0.400. The molecule has 0 atom stereocenters. The van der Waals surface area contributed by atoms with Gasteiger partial charge in [0.2, 0.25) is 5.95 Å². The molecule has 32 heavy (non-hydrogen) atoms. The molecule has 2 aliphatic rings. The van der Waals surface area contributed by atoms with Crippen molar-refractivity contribution in [1.29, 1.82) is 0 Å². The topological polar surface area (TPSA) is 93.9 Å². The molecule has 1 aromatic carbocycles. The van der Waals surface area contributed by atoms with Crippen molar-refractivity contribution in [3.63, 3.8) is 0 Å². The van der Waals surface area contributed by atoms with Crippen LogP contribution in [-0.4, -0.2) is 61.3 Å². The predicted molar refractivity (Wildman–Crippen MR) is 114 cm³/mol. The molecule has 5 heterocycles. The fourth-order valence-electron chi connectivity index (χ4n) is 4.40. The van der Waals surface area contributed by atoms with Crippen LogP contribution in [0, 0.1) is 0 Å². The summed E-state index contributed by atoms with van der Waals surface area (Å²) < 4.78 is 36.0. The van der Waals surface area contributed by atoms with E-state index >= 15 is 0 Å². The molecule has 1 N–H and O–H groups in total. The Labute approximate surface area is 184 Å². The molecule has 2 aliphatic heterocycles. The largest absolute Gasteiger partial charge is 0.381 e. The Morgan fingerprint density at radius 2 is 1.97 bits per heavy atom. The van der Waals surface area contributed by atoms with Crippen molar-refractivity contribution >= 4 is 39.6 Å². The number of alkyl halides is 2. The van der Waals surface area contributed by atoms with Crippen molar-refractivity contribution in [2.45, 2.75) is 24.8 Å². The molecule has 0 amide bonds. The van der Waals surface area contributed by atoms with E-state index in [9.17, 15) is 13.6 Å². The summed E-state index contributed by atoms with van der Waals surface area (Å²) in [5.41, 5.74) is 1.74. The molecule has 2 saturated heterocycles. The van der Waals surface area contributed by atoms with E-state index in [-0.39, 0.29) is 23.5 Å². The van der Waals surface area contributed by atoms with E-state index in [0.29, 0.717) is 53.3 Å². The van der Waals surface area contributed by atoms with Gasteiger partial charge < -0.3 is 14.6 Å². The molecule has 3 aromatic heterocycles. The van der Waals surface area contributed by atoms with Gasteiger partial charge in [0.25, 0.3) is 5.92 Å². The van der Waals surface area contributed by atoms with E-state index < -0.39 is 19.0 Å². The molecule has 166 valence electrons. The highest BCUT2D eigenvalue weighted by molar-refractivity contribution is 6.31. The van der Waals surface area contributed by atoms with Crippen LogP contribution >= 0.6 is 11.6 Å². The average molecular weight is 462 g/mol. The van der Waals surface area contributed by atoms with Gasteiger partial charge in [-0.3, -0.25) is 9.13 Å². The van der Waals surface area contributed by atoms with Crippen LogP contribution in [0.25, 0.3) is 28.1 Å². The normalized spacial score (nSPS) is 19.0. The van der Waals surface area contributed by atoms with E-state index in [1.807, 2.05) is 0 Å². The van der Waals surface area contributed by atoms with Gasteiger partial charge in [-0.25, -0.2) is 18.6 Å². The van der Waals surface area contributed by atoms with Gasteiger partial charge in [-0.05, 0) is 31.0 Å². The number of hydrogen-bond acceptors (Lipinski definition) is 6. The number of imidazole rings is 2. The third-order valence-electron chi connectivity index (χ3n) is 5.96. The Kier molecular flexibility index (Phi) is 4.28. The number of nitrogens with one attached hydrogen (secondary N) is 1. The van der Waals surface area contributed by atoms with E-state index in [1.54, 1.807) is 33.7 Å². The number of aromatic amines is 1. The zero-order valence-corrected chi connectivity index (χ0v) is 17.5. The maximum absolute atomic E-state index is 13.7. The monoisotopic (exact) mass is 461 g/mol. The smallest absolute Gasteiger partial charge is 0.328 e. The molecule has 6 rings (SSSR count). The molecule has 0 radical (unpaired) electrons. The van der Waals surface area contributed by atoms with E-state index in [4.69, 9.17) is 16.3 Å². The molecule has 0 unspecified atom stereocenters. The Balaban J connectivity index is 1.58. The Morgan fingerprint density at radius 3 is 2.72 bits per heavy atom. The van der Waals surface area contributed by atoms with Crippen molar-refractivity contribution in [3.8, 4) is 5.95 Å². The van der Waals surface area contributed by atoms with Crippen LogP contribution in [0.5, 0.6) is 0 Å². The number of ether oxygens (including phenoxy) is 1. The van der Waals surface area contributed by atoms with Crippen LogP contribution in [0.15, 0.2) is 29.3 Å². The summed E-state index contributed by atoms with van der Waals surface area (Å²) >= 11 is 6.17. The minimum absolute atomic E-state index is 0.104. The zero-order valence-electron chi connectivity index (χ0n) is 16.8. The first kappa shape index (κ1) is 19.6. The molecule has 9 nitrogen and oxygen atoms in total. The van der Waals surface area contributed by atoms with Gasteiger partial charge in [0.05, 0.1) is 24.1 Å². The van der Waals surface area contributed by atoms with Gasteiger partial charge in [-0.2, -0.15) is 9.97 Å². The summed E-state index contributed by atoms with van der Waals surface area (Å²) in [6.07, 6.45) is 2.88. The minimum atomic E-state index is -2.80. The second-order valence-corrected chi connectivity index (χ2v) is 8.59. The second kappa shape index (κ2) is 6.97. The first-order valence-electron chi connectivity index (χ1n) is 10.3. The third-order valence-corrected chi connectivity index (χ3v) is 6.20. The lowest BCUT2D eigenvalue weighted by molar-refractivity contribution is -0.0265. The Morgan fingerprint density at radius 1 is 1.19 bits per heavy atom. The SMILES string of the molecule is O=c1[nH]c2c(N3CC(F)(F)C3)nc(-n3cnc4ccc(Cl)cc43)nc2n1C1CCOCC1. The number of rotatable bonds is 3. The molecule has 0 saturated carbocycles. The van der Waals surface area contributed by atoms with Gasteiger partial charge in [-0.15, -0.1) is 0 Å². The highest BCUT2D eigenvalue weighted by Gasteiger charge is 2.45. The molecular weight excluding hydrogens is 444 g/mol. The van der Waals surface area contributed by atoms with Gasteiger partial charge >= 0.3 is 5.69 Å². The van der Waals surface area contributed by atoms with E-state index in [2.05, 4.69) is 19.9 Å².